The topological polar surface area (TPSA) is 103 Å². The second-order valence-electron chi connectivity index (χ2n) is 8.73. The molecule has 1 aromatic carbocycles. The number of hydrogen-bond donors (Lipinski definition) is 2. The maximum atomic E-state index is 12.2. The van der Waals surface area contributed by atoms with Gasteiger partial charge in [-0.05, 0) is 31.1 Å². The standard InChI is InChI=1S/C27H27N7O2/c1-7-21(35)31-24-15(2)8-9-19(26(24)36-6)23-22-16(3)20(17-10-29-33(4)13-17)12-28-27(22)32-25(23)18-11-30-34(5)14-18/h7-14H,1H2,2-6H3,(H,28,32)(H,31,35). The van der Waals surface area contributed by atoms with E-state index in [4.69, 9.17) is 9.72 Å². The van der Waals surface area contributed by atoms with Crippen molar-refractivity contribution in [1.82, 2.24) is 29.5 Å². The lowest BCUT2D eigenvalue weighted by atomic mass is 9.93. The predicted octanol–water partition coefficient (Wildman–Crippen LogP) is 4.78. The number of fused-ring (bicyclic) bond motifs is 1. The number of carbonyl (C=O) groups excluding carboxylic acids is 1. The molecule has 5 aromatic rings. The fraction of sp³-hybridized carbons (Fsp3) is 0.185. The van der Waals surface area contributed by atoms with Crippen LogP contribution < -0.4 is 10.1 Å². The summed E-state index contributed by atoms with van der Waals surface area (Å²) in [5, 5.41) is 12.6. The van der Waals surface area contributed by atoms with Crippen molar-refractivity contribution >= 4 is 22.6 Å². The van der Waals surface area contributed by atoms with Gasteiger partial charge in [0.15, 0.2) is 5.75 Å². The van der Waals surface area contributed by atoms with Crippen LogP contribution in [0.4, 0.5) is 5.69 Å². The maximum Gasteiger partial charge on any atom is 0.247 e. The first-order valence-electron chi connectivity index (χ1n) is 11.4. The van der Waals surface area contributed by atoms with Crippen molar-refractivity contribution in [2.24, 2.45) is 14.1 Å². The summed E-state index contributed by atoms with van der Waals surface area (Å²) >= 11 is 0. The first-order valence-corrected chi connectivity index (χ1v) is 11.4. The SMILES string of the molecule is C=CC(=O)Nc1c(C)ccc(-c2c(-c3cnn(C)c3)[nH]c3ncc(-c4cnn(C)c4)c(C)c23)c1OC. The minimum atomic E-state index is -0.309. The number of aromatic nitrogens is 6. The maximum absolute atomic E-state index is 12.2. The zero-order valence-corrected chi connectivity index (χ0v) is 20.9. The molecule has 0 atom stereocenters. The molecule has 0 spiro atoms. The van der Waals surface area contributed by atoms with E-state index >= 15 is 0 Å². The smallest absolute Gasteiger partial charge is 0.247 e. The number of carbonyl (C=O) groups is 1. The van der Waals surface area contributed by atoms with Crippen molar-refractivity contribution in [1.29, 1.82) is 0 Å². The molecule has 0 radical (unpaired) electrons. The quantitative estimate of drug-likeness (QED) is 0.340. The number of H-pyrrole nitrogens is 1. The van der Waals surface area contributed by atoms with Crippen LogP contribution in [-0.2, 0) is 18.9 Å². The van der Waals surface area contributed by atoms with Gasteiger partial charge in [-0.25, -0.2) is 4.98 Å². The molecular formula is C27H27N7O2. The van der Waals surface area contributed by atoms with Gasteiger partial charge in [-0.1, -0.05) is 18.7 Å². The molecule has 9 heteroatoms. The normalized spacial score (nSPS) is 11.1. The molecule has 0 saturated carbocycles. The molecule has 9 nitrogen and oxygen atoms in total. The molecule has 36 heavy (non-hydrogen) atoms. The van der Waals surface area contributed by atoms with Gasteiger partial charge in [-0.2, -0.15) is 10.2 Å². The highest BCUT2D eigenvalue weighted by Crippen LogP contribution is 2.47. The monoisotopic (exact) mass is 481 g/mol. The molecule has 0 saturated heterocycles. The van der Waals surface area contributed by atoms with Crippen molar-refractivity contribution in [3.8, 4) is 39.3 Å². The number of benzene rings is 1. The van der Waals surface area contributed by atoms with Crippen molar-refractivity contribution in [2.75, 3.05) is 12.4 Å². The summed E-state index contributed by atoms with van der Waals surface area (Å²) in [5.74, 6) is 0.249. The number of nitrogens with one attached hydrogen (secondary N) is 2. The Bertz CT molecular complexity index is 1640. The average molecular weight is 482 g/mol. The average Bonchev–Trinajstić information content (AvgIpc) is 3.58. The van der Waals surface area contributed by atoms with E-state index in [9.17, 15) is 4.79 Å². The second kappa shape index (κ2) is 8.84. The Balaban J connectivity index is 1.87. The van der Waals surface area contributed by atoms with Crippen LogP contribution in [0.25, 0.3) is 44.5 Å². The molecule has 4 aromatic heterocycles. The van der Waals surface area contributed by atoms with Crippen LogP contribution in [0, 0.1) is 13.8 Å². The van der Waals surface area contributed by atoms with Crippen molar-refractivity contribution in [3.05, 3.63) is 66.9 Å². The van der Waals surface area contributed by atoms with Crippen molar-refractivity contribution in [2.45, 2.75) is 13.8 Å². The van der Waals surface area contributed by atoms with Crippen molar-refractivity contribution < 1.29 is 9.53 Å². The van der Waals surface area contributed by atoms with Crippen LogP contribution in [0.2, 0.25) is 0 Å². The molecule has 2 N–H and O–H groups in total. The summed E-state index contributed by atoms with van der Waals surface area (Å²) in [6, 6.07) is 3.98. The molecule has 0 bridgehead atoms. The number of aromatic amines is 1. The highest BCUT2D eigenvalue weighted by molar-refractivity contribution is 6.09. The Labute approximate surface area is 208 Å². The molecule has 0 unspecified atom stereocenters. The number of rotatable bonds is 6. The highest BCUT2D eigenvalue weighted by Gasteiger charge is 2.25. The van der Waals surface area contributed by atoms with Crippen LogP contribution in [0.15, 0.2) is 55.8 Å². The third-order valence-electron chi connectivity index (χ3n) is 6.36. The fourth-order valence-electron chi connectivity index (χ4n) is 4.62. The van der Waals surface area contributed by atoms with E-state index in [1.54, 1.807) is 16.5 Å². The highest BCUT2D eigenvalue weighted by atomic mass is 16.5. The van der Waals surface area contributed by atoms with Gasteiger partial charge in [0.2, 0.25) is 5.91 Å². The summed E-state index contributed by atoms with van der Waals surface area (Å²) in [6.45, 7) is 7.59. The molecule has 1 amide bonds. The predicted molar refractivity (Wildman–Crippen MR) is 141 cm³/mol. The van der Waals surface area contributed by atoms with Crippen LogP contribution >= 0.6 is 0 Å². The molecule has 0 aliphatic heterocycles. The summed E-state index contributed by atoms with van der Waals surface area (Å²) in [4.78, 5) is 20.5. The van der Waals surface area contributed by atoms with E-state index in [0.29, 0.717) is 11.4 Å². The van der Waals surface area contributed by atoms with E-state index in [1.165, 1.54) is 6.08 Å². The lowest BCUT2D eigenvalue weighted by Gasteiger charge is -2.17. The van der Waals surface area contributed by atoms with E-state index in [0.717, 1.165) is 55.7 Å². The van der Waals surface area contributed by atoms with Gasteiger partial charge in [0.25, 0.3) is 0 Å². The van der Waals surface area contributed by atoms with Gasteiger partial charge in [-0.3, -0.25) is 14.2 Å². The number of amides is 1. The van der Waals surface area contributed by atoms with Gasteiger partial charge in [0.1, 0.15) is 5.65 Å². The molecule has 182 valence electrons. The van der Waals surface area contributed by atoms with Crippen LogP contribution in [0.5, 0.6) is 5.75 Å². The van der Waals surface area contributed by atoms with Crippen LogP contribution in [0.3, 0.4) is 0 Å². The summed E-state index contributed by atoms with van der Waals surface area (Å²) < 4.78 is 9.44. The van der Waals surface area contributed by atoms with E-state index in [1.807, 2.05) is 64.1 Å². The Hall–Kier alpha value is -4.66. The Kier molecular flexibility index (Phi) is 5.68. The number of pyridine rings is 1. The number of nitrogens with zero attached hydrogens (tertiary/aromatic N) is 5. The fourth-order valence-corrected chi connectivity index (χ4v) is 4.62. The Morgan fingerprint density at radius 2 is 1.75 bits per heavy atom. The number of methoxy groups -OCH3 is 1. The van der Waals surface area contributed by atoms with Gasteiger partial charge >= 0.3 is 0 Å². The lowest BCUT2D eigenvalue weighted by molar-refractivity contribution is -0.111. The van der Waals surface area contributed by atoms with Gasteiger partial charge in [0.05, 0.1) is 30.9 Å². The summed E-state index contributed by atoms with van der Waals surface area (Å²) in [7, 11) is 5.38. The van der Waals surface area contributed by atoms with Crippen LogP contribution in [0.1, 0.15) is 11.1 Å². The van der Waals surface area contributed by atoms with Gasteiger partial charge < -0.3 is 15.0 Å². The molecule has 0 fully saturated rings. The number of aryl methyl sites for hydroxylation is 4. The number of anilines is 1. The molecule has 4 heterocycles. The first-order chi connectivity index (χ1) is 17.3. The molecular weight excluding hydrogens is 454 g/mol. The minimum Gasteiger partial charge on any atom is -0.494 e. The molecule has 0 aliphatic rings. The summed E-state index contributed by atoms with van der Waals surface area (Å²) in [6.07, 6.45) is 10.7. The van der Waals surface area contributed by atoms with E-state index in [-0.39, 0.29) is 5.91 Å². The number of hydrogen-bond acceptors (Lipinski definition) is 5. The van der Waals surface area contributed by atoms with E-state index in [2.05, 4.69) is 34.0 Å². The summed E-state index contributed by atoms with van der Waals surface area (Å²) in [5.41, 5.74) is 8.74. The third kappa shape index (κ3) is 3.74. The molecule has 5 rings (SSSR count). The second-order valence-corrected chi connectivity index (χ2v) is 8.73. The van der Waals surface area contributed by atoms with Gasteiger partial charge in [0, 0.05) is 65.9 Å². The zero-order chi connectivity index (χ0) is 25.6. The van der Waals surface area contributed by atoms with E-state index < -0.39 is 0 Å². The largest absolute Gasteiger partial charge is 0.494 e. The van der Waals surface area contributed by atoms with Crippen molar-refractivity contribution in [3.63, 3.8) is 0 Å². The third-order valence-corrected chi connectivity index (χ3v) is 6.36. The van der Waals surface area contributed by atoms with Crippen LogP contribution in [-0.4, -0.2) is 42.5 Å². The molecule has 0 aliphatic carbocycles. The Morgan fingerprint density at radius 1 is 1.06 bits per heavy atom. The zero-order valence-electron chi connectivity index (χ0n) is 20.9. The first kappa shape index (κ1) is 23.1. The van der Waals surface area contributed by atoms with Gasteiger partial charge in [-0.15, -0.1) is 0 Å². The number of ether oxygens (including phenoxy) is 1. The Morgan fingerprint density at radius 3 is 2.36 bits per heavy atom. The lowest BCUT2D eigenvalue weighted by Crippen LogP contribution is -2.10. The minimum absolute atomic E-state index is 0.309.